The summed E-state index contributed by atoms with van der Waals surface area (Å²) in [6, 6.07) is 10.2. The molecule has 4 rings (SSSR count). The standard InChI is InChI=1S/C24H29NO5/c1-4-13-9-16-22(14-5-7-18(26)20(11-14)29-2)25-23(17(10-13)24(16)28)15-6-8-19(27)21(12-15)30-3/h5-8,11-13,16-17,22-23,25-27H,4,9-10H2,1-3H3/t13?,16-,17+,22-,23+. The molecule has 160 valence electrons. The first-order chi connectivity index (χ1) is 14.5. The van der Waals surface area contributed by atoms with Crippen molar-refractivity contribution in [2.24, 2.45) is 17.8 Å². The Morgan fingerprint density at radius 1 is 0.900 bits per heavy atom. The van der Waals surface area contributed by atoms with Gasteiger partial charge in [-0.2, -0.15) is 0 Å². The summed E-state index contributed by atoms with van der Waals surface area (Å²) in [6.07, 6.45) is 2.76. The molecule has 1 heterocycles. The molecule has 6 nitrogen and oxygen atoms in total. The van der Waals surface area contributed by atoms with E-state index in [9.17, 15) is 15.0 Å². The Kier molecular flexibility index (Phi) is 5.60. The summed E-state index contributed by atoms with van der Waals surface area (Å²) in [7, 11) is 3.04. The number of benzene rings is 2. The van der Waals surface area contributed by atoms with Crippen LogP contribution < -0.4 is 14.8 Å². The number of nitrogens with one attached hydrogen (secondary N) is 1. The average Bonchev–Trinajstić information content (AvgIpc) is 2.75. The highest BCUT2D eigenvalue weighted by atomic mass is 16.5. The first-order valence-corrected chi connectivity index (χ1v) is 10.5. The number of carbonyl (C=O) groups is 1. The van der Waals surface area contributed by atoms with Crippen molar-refractivity contribution in [2.45, 2.75) is 38.3 Å². The molecule has 1 aliphatic carbocycles. The van der Waals surface area contributed by atoms with Gasteiger partial charge in [0.25, 0.3) is 0 Å². The summed E-state index contributed by atoms with van der Waals surface area (Å²) in [5.74, 6) is 1.50. The molecular formula is C24H29NO5. The third-order valence-electron chi connectivity index (χ3n) is 6.77. The highest BCUT2D eigenvalue weighted by Crippen LogP contribution is 2.49. The molecule has 2 fully saturated rings. The molecule has 1 saturated heterocycles. The molecule has 2 aliphatic rings. The minimum Gasteiger partial charge on any atom is -0.504 e. The predicted molar refractivity (Wildman–Crippen MR) is 113 cm³/mol. The van der Waals surface area contributed by atoms with Gasteiger partial charge in [0.2, 0.25) is 0 Å². The lowest BCUT2D eigenvalue weighted by atomic mass is 9.63. The summed E-state index contributed by atoms with van der Waals surface area (Å²) in [6.45, 7) is 2.18. The molecule has 0 spiro atoms. The molecule has 0 amide bonds. The van der Waals surface area contributed by atoms with Crippen molar-refractivity contribution in [1.29, 1.82) is 0 Å². The van der Waals surface area contributed by atoms with Crippen LogP contribution >= 0.6 is 0 Å². The van der Waals surface area contributed by atoms with Gasteiger partial charge in [0.15, 0.2) is 23.0 Å². The van der Waals surface area contributed by atoms with Gasteiger partial charge in [0.05, 0.1) is 14.2 Å². The van der Waals surface area contributed by atoms with Crippen LogP contribution in [0.1, 0.15) is 49.4 Å². The summed E-state index contributed by atoms with van der Waals surface area (Å²) in [5, 5.41) is 23.7. The van der Waals surface area contributed by atoms with Gasteiger partial charge in [0, 0.05) is 23.9 Å². The van der Waals surface area contributed by atoms with Crippen molar-refractivity contribution in [3.05, 3.63) is 47.5 Å². The Morgan fingerprint density at radius 3 is 1.77 bits per heavy atom. The lowest BCUT2D eigenvalue weighted by Gasteiger charge is -2.47. The lowest BCUT2D eigenvalue weighted by molar-refractivity contribution is -0.137. The molecular weight excluding hydrogens is 382 g/mol. The van der Waals surface area contributed by atoms with Crippen LogP contribution in [-0.4, -0.2) is 30.2 Å². The summed E-state index contributed by atoms with van der Waals surface area (Å²) >= 11 is 0. The first-order valence-electron chi connectivity index (χ1n) is 10.5. The number of rotatable bonds is 5. The summed E-state index contributed by atoms with van der Waals surface area (Å²) < 4.78 is 10.6. The summed E-state index contributed by atoms with van der Waals surface area (Å²) in [4.78, 5) is 13.5. The number of phenols is 2. The number of piperidine rings is 1. The van der Waals surface area contributed by atoms with Crippen molar-refractivity contribution in [1.82, 2.24) is 5.32 Å². The van der Waals surface area contributed by atoms with E-state index in [2.05, 4.69) is 12.2 Å². The Balaban J connectivity index is 1.77. The number of phenolic OH excluding ortho intramolecular Hbond substituents is 2. The quantitative estimate of drug-likeness (QED) is 0.686. The van der Waals surface area contributed by atoms with Crippen molar-refractivity contribution in [3.63, 3.8) is 0 Å². The largest absolute Gasteiger partial charge is 0.504 e. The molecule has 6 heteroatoms. The maximum atomic E-state index is 13.5. The van der Waals surface area contributed by atoms with Crippen LogP contribution in [0.25, 0.3) is 0 Å². The van der Waals surface area contributed by atoms with Crippen molar-refractivity contribution >= 4 is 5.78 Å². The molecule has 0 aromatic heterocycles. The summed E-state index contributed by atoms with van der Waals surface area (Å²) in [5.41, 5.74) is 1.85. The molecule has 3 N–H and O–H groups in total. The van der Waals surface area contributed by atoms with Gasteiger partial charge in [-0.25, -0.2) is 0 Å². The van der Waals surface area contributed by atoms with Gasteiger partial charge >= 0.3 is 0 Å². The van der Waals surface area contributed by atoms with Crippen LogP contribution in [0.3, 0.4) is 0 Å². The average molecular weight is 411 g/mol. The minimum absolute atomic E-state index is 0.0798. The Labute approximate surface area is 176 Å². The van der Waals surface area contributed by atoms with Crippen molar-refractivity contribution in [3.8, 4) is 23.0 Å². The van der Waals surface area contributed by atoms with Crippen molar-refractivity contribution in [2.75, 3.05) is 14.2 Å². The molecule has 1 aliphatic heterocycles. The molecule has 2 bridgehead atoms. The highest BCUT2D eigenvalue weighted by molar-refractivity contribution is 5.87. The Hall–Kier alpha value is -2.73. The van der Waals surface area contributed by atoms with E-state index < -0.39 is 0 Å². The predicted octanol–water partition coefficient (Wildman–Crippen LogP) is 4.12. The molecule has 5 atom stereocenters. The Bertz CT molecular complexity index is 872. The van der Waals surface area contributed by atoms with E-state index in [0.717, 1.165) is 30.4 Å². The maximum absolute atomic E-state index is 13.5. The van der Waals surface area contributed by atoms with Crippen molar-refractivity contribution < 1.29 is 24.5 Å². The van der Waals surface area contributed by atoms with Crippen LogP contribution in [0.5, 0.6) is 23.0 Å². The van der Waals surface area contributed by atoms with Gasteiger partial charge in [-0.3, -0.25) is 4.79 Å². The highest BCUT2D eigenvalue weighted by Gasteiger charge is 2.49. The second-order valence-corrected chi connectivity index (χ2v) is 8.35. The second-order valence-electron chi connectivity index (χ2n) is 8.35. The number of ether oxygens (including phenoxy) is 2. The zero-order valence-corrected chi connectivity index (χ0v) is 17.6. The lowest BCUT2D eigenvalue weighted by Crippen LogP contribution is -2.52. The van der Waals surface area contributed by atoms with Gasteiger partial charge in [-0.05, 0) is 54.2 Å². The van der Waals surface area contributed by atoms with Crippen LogP contribution in [0, 0.1) is 17.8 Å². The number of Topliss-reactive ketones (excluding diaryl/α,β-unsaturated/α-hetero) is 1. The third-order valence-corrected chi connectivity index (χ3v) is 6.77. The molecule has 2 aromatic rings. The van der Waals surface area contributed by atoms with E-state index in [1.54, 1.807) is 12.1 Å². The fraction of sp³-hybridized carbons (Fsp3) is 0.458. The zero-order chi connectivity index (χ0) is 21.4. The number of methoxy groups -OCH3 is 2. The molecule has 1 saturated carbocycles. The first kappa shape index (κ1) is 20.5. The Morgan fingerprint density at radius 2 is 1.37 bits per heavy atom. The van der Waals surface area contributed by atoms with Crippen LogP contribution in [0.4, 0.5) is 0 Å². The van der Waals surface area contributed by atoms with Crippen LogP contribution in [-0.2, 0) is 4.79 Å². The van der Waals surface area contributed by atoms with Crippen LogP contribution in [0.15, 0.2) is 36.4 Å². The number of carbonyl (C=O) groups excluding carboxylic acids is 1. The number of fused-ring (bicyclic) bond motifs is 2. The van der Waals surface area contributed by atoms with E-state index in [-0.39, 0.29) is 41.2 Å². The molecule has 0 radical (unpaired) electrons. The van der Waals surface area contributed by atoms with E-state index >= 15 is 0 Å². The SMILES string of the molecule is CCC1C[C@@H]2C(=O)[C@H](C1)[C@@H](c1ccc(O)c(OC)c1)N[C@H]2c1ccc(O)c(OC)c1. The topological polar surface area (TPSA) is 88.0 Å². The van der Waals surface area contributed by atoms with Gasteiger partial charge in [-0.15, -0.1) is 0 Å². The van der Waals surface area contributed by atoms with E-state index in [1.807, 2.05) is 24.3 Å². The smallest absolute Gasteiger partial charge is 0.160 e. The molecule has 1 unspecified atom stereocenters. The van der Waals surface area contributed by atoms with E-state index in [4.69, 9.17) is 9.47 Å². The number of hydrogen-bond acceptors (Lipinski definition) is 6. The maximum Gasteiger partial charge on any atom is 0.160 e. The fourth-order valence-electron chi connectivity index (χ4n) is 5.11. The van der Waals surface area contributed by atoms with E-state index in [1.165, 1.54) is 14.2 Å². The number of aromatic hydroxyl groups is 2. The second kappa shape index (κ2) is 8.19. The van der Waals surface area contributed by atoms with E-state index in [0.29, 0.717) is 17.4 Å². The monoisotopic (exact) mass is 411 g/mol. The minimum atomic E-state index is -0.178. The molecule has 2 aromatic carbocycles. The molecule has 30 heavy (non-hydrogen) atoms. The van der Waals surface area contributed by atoms with Gasteiger partial charge < -0.3 is 25.0 Å². The van der Waals surface area contributed by atoms with Gasteiger partial charge in [-0.1, -0.05) is 25.5 Å². The zero-order valence-electron chi connectivity index (χ0n) is 17.6. The fourth-order valence-corrected chi connectivity index (χ4v) is 5.11. The normalized spacial score (nSPS) is 28.2. The van der Waals surface area contributed by atoms with Crippen LogP contribution in [0.2, 0.25) is 0 Å². The third kappa shape index (κ3) is 3.49. The number of hydrogen-bond donors (Lipinski definition) is 3. The number of ketones is 1. The van der Waals surface area contributed by atoms with Gasteiger partial charge in [0.1, 0.15) is 5.78 Å².